The van der Waals surface area contributed by atoms with Crippen LogP contribution in [0, 0.1) is 0 Å². The molecular weight excluding hydrogens is 312 g/mol. The van der Waals surface area contributed by atoms with Crippen LogP contribution >= 0.6 is 0 Å². The van der Waals surface area contributed by atoms with E-state index in [1.165, 1.54) is 12.1 Å². The molecule has 0 unspecified atom stereocenters. The molecule has 0 radical (unpaired) electrons. The SMILES string of the molecule is CCCCCCCCC(=O)C(=O)c1cccc(C(=O)O)c1C(=O)O. The molecule has 0 aromatic heterocycles. The number of hydrogen-bond donors (Lipinski definition) is 2. The van der Waals surface area contributed by atoms with E-state index < -0.39 is 34.6 Å². The number of rotatable bonds is 11. The third kappa shape index (κ3) is 5.30. The normalized spacial score (nSPS) is 10.4. The topological polar surface area (TPSA) is 109 Å². The summed E-state index contributed by atoms with van der Waals surface area (Å²) in [7, 11) is 0. The van der Waals surface area contributed by atoms with Crippen LogP contribution in [0.2, 0.25) is 0 Å². The quantitative estimate of drug-likeness (QED) is 0.364. The second-order valence-corrected chi connectivity index (χ2v) is 5.61. The standard InChI is InChI=1S/C18H22O6/c1-2-3-4-5-6-7-11-14(19)16(20)12-9-8-10-13(17(21)22)15(12)18(23)24/h8-10H,2-7,11H2,1H3,(H,21,22)(H,23,24). The van der Waals surface area contributed by atoms with Gasteiger partial charge in [-0.2, -0.15) is 0 Å². The molecule has 130 valence electrons. The van der Waals surface area contributed by atoms with Crippen LogP contribution in [0.15, 0.2) is 18.2 Å². The highest BCUT2D eigenvalue weighted by atomic mass is 16.4. The third-order valence-electron chi connectivity index (χ3n) is 3.76. The summed E-state index contributed by atoms with van der Waals surface area (Å²) in [6.07, 6.45) is 5.77. The Morgan fingerprint density at radius 2 is 1.42 bits per heavy atom. The zero-order valence-corrected chi connectivity index (χ0v) is 13.7. The van der Waals surface area contributed by atoms with Gasteiger partial charge in [-0.1, -0.05) is 45.1 Å². The fourth-order valence-corrected chi connectivity index (χ4v) is 2.48. The van der Waals surface area contributed by atoms with Crippen molar-refractivity contribution in [1.29, 1.82) is 0 Å². The molecule has 0 saturated carbocycles. The number of carboxylic acids is 2. The van der Waals surface area contributed by atoms with Crippen molar-refractivity contribution in [2.45, 2.75) is 51.9 Å². The first-order chi connectivity index (χ1) is 11.4. The predicted molar refractivity (Wildman–Crippen MR) is 87.7 cm³/mol. The smallest absolute Gasteiger partial charge is 0.337 e. The van der Waals surface area contributed by atoms with Crippen molar-refractivity contribution in [2.24, 2.45) is 0 Å². The molecule has 0 bridgehead atoms. The van der Waals surface area contributed by atoms with Gasteiger partial charge in [0.05, 0.1) is 11.1 Å². The van der Waals surface area contributed by atoms with Crippen molar-refractivity contribution in [3.63, 3.8) is 0 Å². The van der Waals surface area contributed by atoms with Crippen molar-refractivity contribution in [3.8, 4) is 0 Å². The molecule has 1 aromatic rings. The van der Waals surface area contributed by atoms with Gasteiger partial charge in [-0.15, -0.1) is 0 Å². The van der Waals surface area contributed by atoms with E-state index in [1.807, 2.05) is 0 Å². The molecule has 1 rings (SSSR count). The van der Waals surface area contributed by atoms with Gasteiger partial charge in [0.15, 0.2) is 0 Å². The molecular formula is C18H22O6. The number of unbranched alkanes of at least 4 members (excludes halogenated alkanes) is 5. The maximum absolute atomic E-state index is 12.2. The summed E-state index contributed by atoms with van der Waals surface area (Å²) in [4.78, 5) is 46.6. The summed E-state index contributed by atoms with van der Waals surface area (Å²) < 4.78 is 0. The van der Waals surface area contributed by atoms with Gasteiger partial charge in [-0.05, 0) is 18.6 Å². The fraction of sp³-hybridized carbons (Fsp3) is 0.444. The Balaban J connectivity index is 2.80. The lowest BCUT2D eigenvalue weighted by Crippen LogP contribution is -2.20. The van der Waals surface area contributed by atoms with Crippen LogP contribution < -0.4 is 0 Å². The Morgan fingerprint density at radius 3 is 2.00 bits per heavy atom. The number of Topliss-reactive ketones (excluding diaryl/α,β-unsaturated/α-hetero) is 2. The third-order valence-corrected chi connectivity index (χ3v) is 3.76. The monoisotopic (exact) mass is 334 g/mol. The van der Waals surface area contributed by atoms with Gasteiger partial charge >= 0.3 is 11.9 Å². The number of aromatic carboxylic acids is 2. The van der Waals surface area contributed by atoms with E-state index in [0.717, 1.165) is 38.2 Å². The van der Waals surface area contributed by atoms with Crippen LogP contribution in [0.3, 0.4) is 0 Å². The summed E-state index contributed by atoms with van der Waals surface area (Å²) in [5.74, 6) is -4.62. The van der Waals surface area contributed by atoms with Crippen LogP contribution in [0.1, 0.15) is 82.9 Å². The number of benzene rings is 1. The number of carbonyl (C=O) groups is 4. The summed E-state index contributed by atoms with van der Waals surface area (Å²) in [5.41, 5.74) is -1.50. The van der Waals surface area contributed by atoms with Crippen molar-refractivity contribution in [2.75, 3.05) is 0 Å². The molecule has 2 N–H and O–H groups in total. The van der Waals surface area contributed by atoms with Gasteiger partial charge in [0.2, 0.25) is 11.6 Å². The highest BCUT2D eigenvalue weighted by Gasteiger charge is 2.26. The lowest BCUT2D eigenvalue weighted by atomic mass is 9.94. The molecule has 6 heteroatoms. The van der Waals surface area contributed by atoms with Crippen molar-refractivity contribution in [1.82, 2.24) is 0 Å². The number of ketones is 2. The van der Waals surface area contributed by atoms with E-state index in [-0.39, 0.29) is 12.0 Å². The van der Waals surface area contributed by atoms with Crippen LogP contribution in [-0.4, -0.2) is 33.7 Å². The Labute approximate surface area is 140 Å². The van der Waals surface area contributed by atoms with Gasteiger partial charge in [0.1, 0.15) is 0 Å². The second-order valence-electron chi connectivity index (χ2n) is 5.61. The first-order valence-electron chi connectivity index (χ1n) is 8.07. The molecule has 0 heterocycles. The van der Waals surface area contributed by atoms with Crippen LogP contribution in [0.5, 0.6) is 0 Å². The maximum Gasteiger partial charge on any atom is 0.337 e. The molecule has 1 aromatic carbocycles. The summed E-state index contributed by atoms with van der Waals surface area (Å²) in [6, 6.07) is 3.54. The van der Waals surface area contributed by atoms with E-state index in [2.05, 4.69) is 6.92 Å². The van der Waals surface area contributed by atoms with Crippen molar-refractivity contribution >= 4 is 23.5 Å². The van der Waals surface area contributed by atoms with Crippen molar-refractivity contribution in [3.05, 3.63) is 34.9 Å². The van der Waals surface area contributed by atoms with Crippen LogP contribution in [0.4, 0.5) is 0 Å². The van der Waals surface area contributed by atoms with Gasteiger partial charge in [-0.25, -0.2) is 9.59 Å². The molecule has 0 atom stereocenters. The number of hydrogen-bond acceptors (Lipinski definition) is 4. The zero-order valence-electron chi connectivity index (χ0n) is 13.7. The molecule has 0 spiro atoms. The molecule has 0 aliphatic heterocycles. The highest BCUT2D eigenvalue weighted by molar-refractivity contribution is 6.45. The first-order valence-corrected chi connectivity index (χ1v) is 8.07. The minimum absolute atomic E-state index is 0.0430. The van der Waals surface area contributed by atoms with Gasteiger partial charge in [-0.3, -0.25) is 9.59 Å². The number of carboxylic acid groups (broad SMARTS) is 2. The molecule has 0 saturated heterocycles. The molecule has 0 amide bonds. The van der Waals surface area contributed by atoms with Crippen LogP contribution in [-0.2, 0) is 4.79 Å². The molecule has 24 heavy (non-hydrogen) atoms. The molecule has 0 aliphatic carbocycles. The number of carbonyl (C=O) groups excluding carboxylic acids is 2. The molecule has 6 nitrogen and oxygen atoms in total. The van der Waals surface area contributed by atoms with E-state index in [0.29, 0.717) is 6.42 Å². The first kappa shape index (κ1) is 19.5. The Kier molecular flexibility index (Phi) is 7.82. The molecule has 0 fully saturated rings. The van der Waals surface area contributed by atoms with Gasteiger partial charge in [0.25, 0.3) is 0 Å². The Hall–Kier alpha value is -2.50. The van der Waals surface area contributed by atoms with Crippen molar-refractivity contribution < 1.29 is 29.4 Å². The average Bonchev–Trinajstić information content (AvgIpc) is 2.56. The van der Waals surface area contributed by atoms with E-state index in [4.69, 9.17) is 5.11 Å². The van der Waals surface area contributed by atoms with Gasteiger partial charge in [0, 0.05) is 12.0 Å². The van der Waals surface area contributed by atoms with Gasteiger partial charge < -0.3 is 10.2 Å². The fourth-order valence-electron chi connectivity index (χ4n) is 2.48. The van der Waals surface area contributed by atoms with E-state index >= 15 is 0 Å². The second kappa shape index (κ2) is 9.60. The maximum atomic E-state index is 12.2. The highest BCUT2D eigenvalue weighted by Crippen LogP contribution is 2.18. The summed E-state index contributed by atoms with van der Waals surface area (Å²) >= 11 is 0. The summed E-state index contributed by atoms with van der Waals surface area (Å²) in [5, 5.41) is 18.2. The summed E-state index contributed by atoms with van der Waals surface area (Å²) in [6.45, 7) is 2.10. The Bertz CT molecular complexity index is 632. The lowest BCUT2D eigenvalue weighted by Gasteiger charge is -2.07. The minimum atomic E-state index is -1.54. The van der Waals surface area contributed by atoms with E-state index in [1.54, 1.807) is 0 Å². The minimum Gasteiger partial charge on any atom is -0.478 e. The van der Waals surface area contributed by atoms with E-state index in [9.17, 15) is 24.3 Å². The predicted octanol–water partition coefficient (Wildman–Crippen LogP) is 3.59. The van der Waals surface area contributed by atoms with Crippen LogP contribution in [0.25, 0.3) is 0 Å². The molecule has 0 aliphatic rings. The lowest BCUT2D eigenvalue weighted by molar-refractivity contribution is -0.115. The average molecular weight is 334 g/mol. The zero-order chi connectivity index (χ0) is 18.1. The largest absolute Gasteiger partial charge is 0.478 e. The Morgan fingerprint density at radius 1 is 0.833 bits per heavy atom.